The molecule has 0 aromatic rings. The topological polar surface area (TPSA) is 55.1 Å². The monoisotopic (exact) mass is 170 g/mol. The predicted molar refractivity (Wildman–Crippen MR) is 48.6 cm³/mol. The van der Waals surface area contributed by atoms with Crippen molar-refractivity contribution in [3.63, 3.8) is 0 Å². The lowest BCUT2D eigenvalue weighted by Crippen LogP contribution is -2.64. The molecule has 70 valence electrons. The molecule has 0 aromatic heterocycles. The Morgan fingerprint density at radius 2 is 2.25 bits per heavy atom. The predicted octanol–water partition coefficient (Wildman–Crippen LogP) is 0.638. The fourth-order valence-corrected chi connectivity index (χ4v) is 1.50. The number of rotatable bonds is 2. The van der Waals surface area contributed by atoms with Crippen LogP contribution in [0.4, 0.5) is 0 Å². The van der Waals surface area contributed by atoms with E-state index in [2.05, 4.69) is 19.2 Å². The van der Waals surface area contributed by atoms with Crippen LogP contribution in [0.5, 0.6) is 0 Å². The molecule has 3 nitrogen and oxygen atoms in total. The van der Waals surface area contributed by atoms with Gasteiger partial charge in [-0.05, 0) is 6.42 Å². The van der Waals surface area contributed by atoms with Gasteiger partial charge in [-0.15, -0.1) is 0 Å². The Labute approximate surface area is 73.7 Å². The van der Waals surface area contributed by atoms with Crippen molar-refractivity contribution >= 4 is 5.91 Å². The summed E-state index contributed by atoms with van der Waals surface area (Å²) in [5, 5.41) is 2.97. The van der Waals surface area contributed by atoms with E-state index in [-0.39, 0.29) is 23.4 Å². The zero-order valence-corrected chi connectivity index (χ0v) is 8.05. The Hall–Kier alpha value is -0.570. The number of nitrogens with one attached hydrogen (secondary N) is 1. The van der Waals surface area contributed by atoms with Crippen molar-refractivity contribution in [2.24, 2.45) is 11.1 Å². The summed E-state index contributed by atoms with van der Waals surface area (Å²) in [6.45, 7) is 6.06. The van der Waals surface area contributed by atoms with Crippen molar-refractivity contribution in [2.45, 2.75) is 45.7 Å². The first kappa shape index (κ1) is 9.52. The van der Waals surface area contributed by atoms with Gasteiger partial charge in [0.15, 0.2) is 0 Å². The third kappa shape index (κ3) is 1.46. The second-order valence-electron chi connectivity index (χ2n) is 4.14. The summed E-state index contributed by atoms with van der Waals surface area (Å²) >= 11 is 0. The normalized spacial score (nSPS) is 32.3. The average molecular weight is 170 g/mol. The van der Waals surface area contributed by atoms with Crippen molar-refractivity contribution in [3.8, 4) is 0 Å². The molecule has 3 N–H and O–H groups in total. The number of nitrogens with two attached hydrogens (primary N) is 1. The minimum atomic E-state index is 0.0742. The third-order valence-electron chi connectivity index (χ3n) is 3.00. The van der Waals surface area contributed by atoms with E-state index in [0.29, 0.717) is 6.42 Å². The number of carbonyl (C=O) groups is 1. The highest BCUT2D eigenvalue weighted by Gasteiger charge is 2.46. The Balaban J connectivity index is 2.42. The summed E-state index contributed by atoms with van der Waals surface area (Å²) in [5.41, 5.74) is 5.89. The molecule has 1 aliphatic rings. The zero-order valence-electron chi connectivity index (χ0n) is 8.05. The SMILES string of the molecule is CCC(=O)NC1CC(N)C1(C)C. The largest absolute Gasteiger partial charge is 0.353 e. The Bertz CT molecular complexity index is 189. The number of carbonyl (C=O) groups excluding carboxylic acids is 1. The van der Waals surface area contributed by atoms with Gasteiger partial charge in [0.2, 0.25) is 5.91 Å². The van der Waals surface area contributed by atoms with E-state index in [0.717, 1.165) is 6.42 Å². The first-order chi connectivity index (χ1) is 5.48. The van der Waals surface area contributed by atoms with Crippen LogP contribution >= 0.6 is 0 Å². The van der Waals surface area contributed by atoms with Crippen LogP contribution in [0.1, 0.15) is 33.6 Å². The van der Waals surface area contributed by atoms with E-state index in [4.69, 9.17) is 5.73 Å². The van der Waals surface area contributed by atoms with Gasteiger partial charge in [-0.2, -0.15) is 0 Å². The molecule has 0 spiro atoms. The second-order valence-corrected chi connectivity index (χ2v) is 4.14. The molecule has 0 bridgehead atoms. The maximum Gasteiger partial charge on any atom is 0.219 e. The summed E-state index contributed by atoms with van der Waals surface area (Å²) in [7, 11) is 0. The number of hydrogen-bond acceptors (Lipinski definition) is 2. The lowest BCUT2D eigenvalue weighted by molar-refractivity contribution is -0.124. The molecule has 2 atom stereocenters. The highest BCUT2D eigenvalue weighted by Crippen LogP contribution is 2.38. The highest BCUT2D eigenvalue weighted by atomic mass is 16.1. The summed E-state index contributed by atoms with van der Waals surface area (Å²) < 4.78 is 0. The molecular formula is C9H18N2O. The van der Waals surface area contributed by atoms with Crippen molar-refractivity contribution in [1.82, 2.24) is 5.32 Å². The standard InChI is InChI=1S/C9H18N2O/c1-4-8(12)11-7-5-6(10)9(7,2)3/h6-7H,4-5,10H2,1-3H3,(H,11,12). The molecule has 1 fully saturated rings. The molecule has 1 amide bonds. The van der Waals surface area contributed by atoms with Crippen LogP contribution < -0.4 is 11.1 Å². The van der Waals surface area contributed by atoms with Crippen molar-refractivity contribution in [3.05, 3.63) is 0 Å². The van der Waals surface area contributed by atoms with Crippen LogP contribution in [0.2, 0.25) is 0 Å². The molecule has 1 aliphatic carbocycles. The molecule has 3 heteroatoms. The van der Waals surface area contributed by atoms with Gasteiger partial charge in [0.05, 0.1) is 0 Å². The van der Waals surface area contributed by atoms with E-state index >= 15 is 0 Å². The molecular weight excluding hydrogens is 152 g/mol. The maximum absolute atomic E-state index is 11.1. The second kappa shape index (κ2) is 3.05. The molecule has 0 heterocycles. The zero-order chi connectivity index (χ0) is 9.35. The first-order valence-electron chi connectivity index (χ1n) is 4.53. The van der Waals surface area contributed by atoms with Crippen LogP contribution in [0.25, 0.3) is 0 Å². The van der Waals surface area contributed by atoms with E-state index < -0.39 is 0 Å². The van der Waals surface area contributed by atoms with Crippen LogP contribution in [0.15, 0.2) is 0 Å². The van der Waals surface area contributed by atoms with Gasteiger partial charge >= 0.3 is 0 Å². The van der Waals surface area contributed by atoms with E-state index in [1.165, 1.54) is 0 Å². The minimum absolute atomic E-state index is 0.0742. The van der Waals surface area contributed by atoms with Gasteiger partial charge in [0, 0.05) is 23.9 Å². The maximum atomic E-state index is 11.1. The number of hydrogen-bond donors (Lipinski definition) is 2. The third-order valence-corrected chi connectivity index (χ3v) is 3.00. The van der Waals surface area contributed by atoms with Gasteiger partial charge in [-0.1, -0.05) is 20.8 Å². The Morgan fingerprint density at radius 1 is 1.67 bits per heavy atom. The van der Waals surface area contributed by atoms with E-state index in [1.54, 1.807) is 0 Å². The van der Waals surface area contributed by atoms with Gasteiger partial charge < -0.3 is 11.1 Å². The Kier molecular flexibility index (Phi) is 2.42. The smallest absolute Gasteiger partial charge is 0.219 e. The van der Waals surface area contributed by atoms with Crippen molar-refractivity contribution in [1.29, 1.82) is 0 Å². The van der Waals surface area contributed by atoms with Gasteiger partial charge in [-0.3, -0.25) is 4.79 Å². The molecule has 0 radical (unpaired) electrons. The van der Waals surface area contributed by atoms with Crippen LogP contribution in [-0.2, 0) is 4.79 Å². The van der Waals surface area contributed by atoms with Gasteiger partial charge in [-0.25, -0.2) is 0 Å². The van der Waals surface area contributed by atoms with Crippen LogP contribution in [0, 0.1) is 5.41 Å². The fraction of sp³-hybridized carbons (Fsp3) is 0.889. The van der Waals surface area contributed by atoms with Crippen molar-refractivity contribution < 1.29 is 4.79 Å². The fourth-order valence-electron chi connectivity index (χ4n) is 1.50. The number of amides is 1. The van der Waals surface area contributed by atoms with Crippen LogP contribution in [-0.4, -0.2) is 18.0 Å². The summed E-state index contributed by atoms with van der Waals surface area (Å²) in [4.78, 5) is 11.1. The molecule has 1 rings (SSSR count). The summed E-state index contributed by atoms with van der Waals surface area (Å²) in [6.07, 6.45) is 1.47. The molecule has 0 saturated heterocycles. The average Bonchev–Trinajstić information content (AvgIpc) is 2.03. The summed E-state index contributed by atoms with van der Waals surface area (Å²) in [5.74, 6) is 0.125. The molecule has 1 saturated carbocycles. The summed E-state index contributed by atoms with van der Waals surface area (Å²) in [6, 6.07) is 0.514. The molecule has 2 unspecified atom stereocenters. The molecule has 12 heavy (non-hydrogen) atoms. The molecule has 0 aliphatic heterocycles. The van der Waals surface area contributed by atoms with E-state index in [1.807, 2.05) is 6.92 Å². The minimum Gasteiger partial charge on any atom is -0.353 e. The lowest BCUT2D eigenvalue weighted by Gasteiger charge is -2.50. The molecule has 0 aromatic carbocycles. The Morgan fingerprint density at radius 3 is 2.58 bits per heavy atom. The van der Waals surface area contributed by atoms with Gasteiger partial charge in [0.1, 0.15) is 0 Å². The van der Waals surface area contributed by atoms with Crippen molar-refractivity contribution in [2.75, 3.05) is 0 Å². The van der Waals surface area contributed by atoms with Gasteiger partial charge in [0.25, 0.3) is 0 Å². The highest BCUT2D eigenvalue weighted by molar-refractivity contribution is 5.76. The lowest BCUT2D eigenvalue weighted by atomic mass is 9.63. The quantitative estimate of drug-likeness (QED) is 0.639. The van der Waals surface area contributed by atoms with E-state index in [9.17, 15) is 4.79 Å². The van der Waals surface area contributed by atoms with Crippen LogP contribution in [0.3, 0.4) is 0 Å². The first-order valence-corrected chi connectivity index (χ1v) is 4.53.